The second-order valence-corrected chi connectivity index (χ2v) is 8.89. The quantitative estimate of drug-likeness (QED) is 0.693. The molecule has 2 fully saturated rings. The fourth-order valence-electron chi connectivity index (χ4n) is 4.98. The SMILES string of the molecule is CCCCN1C(=O)[C@](C)(C(=O)N2CCN(C3CCCCC3)CC2)Oc2cccnc21. The van der Waals surface area contributed by atoms with E-state index in [-0.39, 0.29) is 11.8 Å². The van der Waals surface area contributed by atoms with Gasteiger partial charge in [0.1, 0.15) is 0 Å². The van der Waals surface area contributed by atoms with Gasteiger partial charge < -0.3 is 9.64 Å². The molecule has 0 aromatic carbocycles. The van der Waals surface area contributed by atoms with Gasteiger partial charge in [0.25, 0.3) is 17.4 Å². The summed E-state index contributed by atoms with van der Waals surface area (Å²) >= 11 is 0. The fraction of sp³-hybridized carbons (Fsp3) is 0.696. The van der Waals surface area contributed by atoms with E-state index in [9.17, 15) is 9.59 Å². The number of pyridine rings is 1. The van der Waals surface area contributed by atoms with E-state index in [0.717, 1.165) is 25.9 Å². The first-order valence-corrected chi connectivity index (χ1v) is 11.5. The van der Waals surface area contributed by atoms with Gasteiger partial charge in [-0.3, -0.25) is 19.4 Å². The zero-order valence-corrected chi connectivity index (χ0v) is 18.3. The van der Waals surface area contributed by atoms with E-state index in [2.05, 4.69) is 16.8 Å². The highest BCUT2D eigenvalue weighted by Gasteiger charge is 2.53. The number of hydrogen-bond acceptors (Lipinski definition) is 5. The van der Waals surface area contributed by atoms with Crippen LogP contribution in [0.25, 0.3) is 0 Å². The van der Waals surface area contributed by atoms with Crippen LogP contribution in [-0.2, 0) is 9.59 Å². The molecule has 0 radical (unpaired) electrons. The highest BCUT2D eigenvalue weighted by atomic mass is 16.5. The average molecular weight is 415 g/mol. The lowest BCUT2D eigenvalue weighted by atomic mass is 9.93. The smallest absolute Gasteiger partial charge is 0.282 e. The van der Waals surface area contributed by atoms with Gasteiger partial charge >= 0.3 is 0 Å². The van der Waals surface area contributed by atoms with Crippen molar-refractivity contribution in [3.63, 3.8) is 0 Å². The van der Waals surface area contributed by atoms with Crippen LogP contribution in [0, 0.1) is 0 Å². The molecule has 3 heterocycles. The molecule has 2 aliphatic heterocycles. The lowest BCUT2D eigenvalue weighted by molar-refractivity contribution is -0.157. The highest BCUT2D eigenvalue weighted by Crippen LogP contribution is 2.37. The van der Waals surface area contributed by atoms with Gasteiger partial charge in [0.05, 0.1) is 0 Å². The summed E-state index contributed by atoms with van der Waals surface area (Å²) in [4.78, 5) is 37.3. The number of amides is 2. The topological polar surface area (TPSA) is 66.0 Å². The first-order chi connectivity index (χ1) is 14.5. The lowest BCUT2D eigenvalue weighted by Crippen LogP contribution is -2.65. The van der Waals surface area contributed by atoms with Crippen LogP contribution in [0.2, 0.25) is 0 Å². The predicted octanol–water partition coefficient (Wildman–Crippen LogP) is 2.84. The zero-order chi connectivity index (χ0) is 21.1. The van der Waals surface area contributed by atoms with E-state index in [0.29, 0.717) is 37.2 Å². The van der Waals surface area contributed by atoms with Crippen LogP contribution in [0.4, 0.5) is 5.82 Å². The minimum Gasteiger partial charge on any atom is -0.464 e. The summed E-state index contributed by atoms with van der Waals surface area (Å²) in [5, 5.41) is 0. The van der Waals surface area contributed by atoms with Crippen LogP contribution in [0.15, 0.2) is 18.3 Å². The Balaban J connectivity index is 1.48. The maximum Gasteiger partial charge on any atom is 0.282 e. The minimum absolute atomic E-state index is 0.230. The van der Waals surface area contributed by atoms with Gasteiger partial charge in [0, 0.05) is 45.0 Å². The van der Waals surface area contributed by atoms with Gasteiger partial charge in [-0.15, -0.1) is 0 Å². The summed E-state index contributed by atoms with van der Waals surface area (Å²) in [6.45, 7) is 7.30. The molecule has 1 aromatic rings. The molecule has 1 saturated carbocycles. The Hall–Kier alpha value is -2.15. The van der Waals surface area contributed by atoms with Gasteiger partial charge in [-0.25, -0.2) is 4.98 Å². The third kappa shape index (κ3) is 3.92. The first kappa shape index (κ1) is 21.1. The first-order valence-electron chi connectivity index (χ1n) is 11.5. The van der Waals surface area contributed by atoms with Crippen molar-refractivity contribution in [2.75, 3.05) is 37.6 Å². The maximum atomic E-state index is 13.5. The summed E-state index contributed by atoms with van der Waals surface area (Å²) in [5.74, 6) is 0.488. The highest BCUT2D eigenvalue weighted by molar-refractivity contribution is 6.16. The second-order valence-electron chi connectivity index (χ2n) is 8.89. The van der Waals surface area contributed by atoms with Crippen molar-refractivity contribution >= 4 is 17.6 Å². The Kier molecular flexibility index (Phi) is 6.27. The Bertz CT molecular complexity index is 771. The lowest BCUT2D eigenvalue weighted by Gasteiger charge is -2.44. The van der Waals surface area contributed by atoms with E-state index in [1.165, 1.54) is 32.1 Å². The van der Waals surface area contributed by atoms with E-state index in [1.807, 2.05) is 4.90 Å². The van der Waals surface area contributed by atoms with Crippen LogP contribution in [0.3, 0.4) is 0 Å². The maximum absolute atomic E-state index is 13.5. The molecule has 3 aliphatic rings. The summed E-state index contributed by atoms with van der Waals surface area (Å²) in [6, 6.07) is 4.22. The molecule has 7 heteroatoms. The molecule has 30 heavy (non-hydrogen) atoms. The molecule has 164 valence electrons. The molecule has 1 atom stereocenters. The van der Waals surface area contributed by atoms with Crippen molar-refractivity contribution in [1.82, 2.24) is 14.8 Å². The molecule has 0 spiro atoms. The number of piperazine rings is 1. The van der Waals surface area contributed by atoms with E-state index >= 15 is 0 Å². The number of fused-ring (bicyclic) bond motifs is 1. The van der Waals surface area contributed by atoms with Crippen molar-refractivity contribution in [2.24, 2.45) is 0 Å². The minimum atomic E-state index is -1.53. The Labute approximate surface area is 179 Å². The molecule has 4 rings (SSSR count). The summed E-state index contributed by atoms with van der Waals surface area (Å²) in [5.41, 5.74) is -1.53. The van der Waals surface area contributed by atoms with E-state index in [1.54, 1.807) is 30.2 Å². The number of hydrogen-bond donors (Lipinski definition) is 0. The number of rotatable bonds is 5. The van der Waals surface area contributed by atoms with Gasteiger partial charge in [-0.2, -0.15) is 0 Å². The monoisotopic (exact) mass is 414 g/mol. The molecule has 1 saturated heterocycles. The summed E-state index contributed by atoms with van der Waals surface area (Å²) < 4.78 is 6.04. The van der Waals surface area contributed by atoms with Gasteiger partial charge in [0.15, 0.2) is 11.6 Å². The van der Waals surface area contributed by atoms with Crippen molar-refractivity contribution < 1.29 is 14.3 Å². The van der Waals surface area contributed by atoms with Gasteiger partial charge in [-0.1, -0.05) is 32.6 Å². The van der Waals surface area contributed by atoms with E-state index < -0.39 is 5.60 Å². The molecular weight excluding hydrogens is 380 g/mol. The van der Waals surface area contributed by atoms with E-state index in [4.69, 9.17) is 4.74 Å². The van der Waals surface area contributed by atoms with Crippen LogP contribution >= 0.6 is 0 Å². The molecule has 2 amide bonds. The second kappa shape index (κ2) is 8.92. The largest absolute Gasteiger partial charge is 0.464 e. The molecule has 7 nitrogen and oxygen atoms in total. The number of aromatic nitrogens is 1. The molecule has 0 N–H and O–H groups in total. The Morgan fingerprint density at radius 1 is 1.20 bits per heavy atom. The number of anilines is 1. The van der Waals surface area contributed by atoms with Crippen LogP contribution in [-0.4, -0.2) is 71.0 Å². The molecule has 1 aromatic heterocycles. The van der Waals surface area contributed by atoms with Gasteiger partial charge in [-0.05, 0) is 38.3 Å². The van der Waals surface area contributed by atoms with Crippen molar-refractivity contribution in [3.05, 3.63) is 18.3 Å². The summed E-state index contributed by atoms with van der Waals surface area (Å²) in [7, 11) is 0. The fourth-order valence-corrected chi connectivity index (χ4v) is 4.98. The number of carbonyl (C=O) groups excluding carboxylic acids is 2. The van der Waals surface area contributed by atoms with Crippen molar-refractivity contribution in [2.45, 2.75) is 70.4 Å². The summed E-state index contributed by atoms with van der Waals surface area (Å²) in [6.07, 6.45) is 9.97. The van der Waals surface area contributed by atoms with Crippen molar-refractivity contribution in [3.8, 4) is 5.75 Å². The molecule has 0 bridgehead atoms. The third-order valence-electron chi connectivity index (χ3n) is 6.81. The normalized spacial score (nSPS) is 25.7. The standard InChI is InChI=1S/C23H34N4O3/c1-3-4-13-27-20-19(11-8-12-24-20)30-23(2,22(27)29)21(28)26-16-14-25(15-17-26)18-9-6-5-7-10-18/h8,11-12,18H,3-7,9-10,13-17H2,1-2H3/t23-/m0/s1. The zero-order valence-electron chi connectivity index (χ0n) is 18.3. The Morgan fingerprint density at radius 2 is 1.93 bits per heavy atom. The number of carbonyl (C=O) groups is 2. The molecular formula is C23H34N4O3. The third-order valence-corrected chi connectivity index (χ3v) is 6.81. The van der Waals surface area contributed by atoms with Crippen LogP contribution in [0.1, 0.15) is 58.8 Å². The van der Waals surface area contributed by atoms with Crippen LogP contribution < -0.4 is 9.64 Å². The average Bonchev–Trinajstić information content (AvgIpc) is 2.79. The van der Waals surface area contributed by atoms with Gasteiger partial charge in [0.2, 0.25) is 0 Å². The molecule has 0 unspecified atom stereocenters. The van der Waals surface area contributed by atoms with Crippen LogP contribution in [0.5, 0.6) is 5.75 Å². The number of ether oxygens (including phenoxy) is 1. The number of unbranched alkanes of at least 4 members (excludes halogenated alkanes) is 1. The Morgan fingerprint density at radius 3 is 2.63 bits per heavy atom. The van der Waals surface area contributed by atoms with Crippen molar-refractivity contribution in [1.29, 1.82) is 0 Å². The predicted molar refractivity (Wildman–Crippen MR) is 116 cm³/mol. The molecule has 1 aliphatic carbocycles. The number of nitrogens with zero attached hydrogens (tertiary/aromatic N) is 4.